The molecular formula is C14H15NO6S2. The summed E-state index contributed by atoms with van der Waals surface area (Å²) in [6.07, 6.45) is 0.594. The smallest absolute Gasteiger partial charge is 0.340 e. The maximum Gasteiger partial charge on any atom is 0.340 e. The predicted octanol–water partition coefficient (Wildman–Crippen LogP) is 0.398. The average Bonchev–Trinajstić information content (AvgIpc) is 2.44. The molecule has 2 aromatic rings. The number of carbonyl (C=O) groups is 1. The first-order valence-corrected chi connectivity index (χ1v) is 9.95. The Balaban J connectivity index is 2.54. The minimum Gasteiger partial charge on any atom is -0.479 e. The van der Waals surface area contributed by atoms with Gasteiger partial charge in [-0.05, 0) is 22.9 Å². The van der Waals surface area contributed by atoms with Crippen molar-refractivity contribution in [2.45, 2.75) is 9.77 Å². The highest BCUT2D eigenvalue weighted by Crippen LogP contribution is 2.23. The number of fused-ring (bicyclic) bond motifs is 1. The zero-order valence-electron chi connectivity index (χ0n) is 12.1. The van der Waals surface area contributed by atoms with E-state index in [1.807, 2.05) is 0 Å². The number of carboxylic acid groups (broad SMARTS) is 1. The Morgan fingerprint density at radius 1 is 1.09 bits per heavy atom. The zero-order chi connectivity index (χ0) is 17.5. The van der Waals surface area contributed by atoms with Crippen molar-refractivity contribution in [2.24, 2.45) is 5.73 Å². The molecular weight excluding hydrogens is 342 g/mol. The molecule has 23 heavy (non-hydrogen) atoms. The lowest BCUT2D eigenvalue weighted by molar-refractivity contribution is -0.139. The van der Waals surface area contributed by atoms with E-state index in [1.54, 1.807) is 30.3 Å². The lowest BCUT2D eigenvalue weighted by atomic mass is 10.1. The van der Waals surface area contributed by atoms with Crippen LogP contribution in [0, 0.1) is 0 Å². The Morgan fingerprint density at radius 3 is 2.17 bits per heavy atom. The summed E-state index contributed by atoms with van der Waals surface area (Å²) in [5, 5.41) is 10.5. The Labute approximate surface area is 133 Å². The van der Waals surface area contributed by atoms with Gasteiger partial charge in [0.15, 0.2) is 19.7 Å². The van der Waals surface area contributed by atoms with Crippen molar-refractivity contribution in [1.29, 1.82) is 0 Å². The normalized spacial score (nSPS) is 15.2. The standard InChI is InChI=1S/C14H15NO6S2/c1-22(18,19)14(15,13(16)17)9-23(20,21)12-7-6-10-4-2-3-5-11(10)8-12/h2-8H,9,15H2,1H3,(H,16,17). The molecule has 0 aliphatic heterocycles. The first-order chi connectivity index (χ1) is 10.5. The number of benzene rings is 2. The molecule has 0 fully saturated rings. The summed E-state index contributed by atoms with van der Waals surface area (Å²) in [4.78, 5) is 8.13. The molecule has 0 aromatic heterocycles. The molecule has 1 atom stereocenters. The van der Waals surface area contributed by atoms with Gasteiger partial charge in [-0.2, -0.15) is 0 Å². The van der Waals surface area contributed by atoms with Crippen molar-refractivity contribution >= 4 is 36.4 Å². The second-order valence-electron chi connectivity index (χ2n) is 5.23. The molecule has 124 valence electrons. The molecule has 7 nitrogen and oxygen atoms in total. The Kier molecular flexibility index (Phi) is 4.22. The van der Waals surface area contributed by atoms with Crippen molar-refractivity contribution in [3.63, 3.8) is 0 Å². The highest BCUT2D eigenvalue weighted by molar-refractivity contribution is 7.96. The highest BCUT2D eigenvalue weighted by Gasteiger charge is 2.48. The van der Waals surface area contributed by atoms with Crippen molar-refractivity contribution in [3.05, 3.63) is 42.5 Å². The summed E-state index contributed by atoms with van der Waals surface area (Å²) in [5.41, 5.74) is 5.39. The van der Waals surface area contributed by atoms with Gasteiger partial charge in [0, 0.05) is 6.26 Å². The summed E-state index contributed by atoms with van der Waals surface area (Å²) in [7, 11) is -8.57. The third-order valence-corrected chi connectivity index (χ3v) is 7.14. The van der Waals surface area contributed by atoms with Crippen LogP contribution in [-0.4, -0.2) is 44.8 Å². The fraction of sp³-hybridized carbons (Fsp3) is 0.214. The summed E-state index contributed by atoms with van der Waals surface area (Å²) in [6, 6.07) is 11.2. The van der Waals surface area contributed by atoms with Crippen LogP contribution >= 0.6 is 0 Å². The molecule has 0 spiro atoms. The van der Waals surface area contributed by atoms with Crippen molar-refractivity contribution in [1.82, 2.24) is 0 Å². The van der Waals surface area contributed by atoms with Gasteiger partial charge in [-0.25, -0.2) is 21.6 Å². The van der Waals surface area contributed by atoms with Crippen molar-refractivity contribution in [2.75, 3.05) is 12.0 Å². The summed E-state index contributed by atoms with van der Waals surface area (Å²) >= 11 is 0. The molecule has 0 aliphatic carbocycles. The molecule has 2 aromatic carbocycles. The molecule has 0 saturated carbocycles. The van der Waals surface area contributed by atoms with Crippen LogP contribution in [0.1, 0.15) is 0 Å². The first kappa shape index (κ1) is 17.4. The molecule has 3 N–H and O–H groups in total. The highest BCUT2D eigenvalue weighted by atomic mass is 32.2. The van der Waals surface area contributed by atoms with E-state index in [2.05, 4.69) is 0 Å². The average molecular weight is 357 g/mol. The lowest BCUT2D eigenvalue weighted by Gasteiger charge is -2.22. The van der Waals surface area contributed by atoms with E-state index in [0.29, 0.717) is 11.6 Å². The van der Waals surface area contributed by atoms with Crippen LogP contribution in [0.4, 0.5) is 0 Å². The predicted molar refractivity (Wildman–Crippen MR) is 85.4 cm³/mol. The van der Waals surface area contributed by atoms with Crippen molar-refractivity contribution in [3.8, 4) is 0 Å². The maximum atomic E-state index is 12.4. The zero-order valence-corrected chi connectivity index (χ0v) is 13.8. The molecule has 0 aliphatic rings. The number of sulfone groups is 2. The molecule has 0 heterocycles. The van der Waals surface area contributed by atoms with Crippen LogP contribution in [0.25, 0.3) is 10.8 Å². The first-order valence-electron chi connectivity index (χ1n) is 6.41. The summed E-state index contributed by atoms with van der Waals surface area (Å²) in [6.45, 7) is 0. The number of hydrogen-bond donors (Lipinski definition) is 2. The monoisotopic (exact) mass is 357 g/mol. The van der Waals surface area contributed by atoms with Gasteiger partial charge in [-0.3, -0.25) is 0 Å². The van der Waals surface area contributed by atoms with Crippen LogP contribution in [0.15, 0.2) is 47.4 Å². The molecule has 1 unspecified atom stereocenters. The quantitative estimate of drug-likeness (QED) is 0.791. The van der Waals surface area contributed by atoms with E-state index in [-0.39, 0.29) is 4.90 Å². The molecule has 0 radical (unpaired) electrons. The van der Waals surface area contributed by atoms with Gasteiger partial charge in [0.05, 0.1) is 10.6 Å². The van der Waals surface area contributed by atoms with E-state index in [1.165, 1.54) is 12.1 Å². The van der Waals surface area contributed by atoms with Gasteiger partial charge in [0.1, 0.15) is 0 Å². The van der Waals surface area contributed by atoms with Crippen LogP contribution < -0.4 is 5.73 Å². The Hall–Kier alpha value is -1.97. The third kappa shape index (κ3) is 3.21. The van der Waals surface area contributed by atoms with Crippen LogP contribution in [0.5, 0.6) is 0 Å². The number of aliphatic carboxylic acids is 1. The van der Waals surface area contributed by atoms with Crippen molar-refractivity contribution < 1.29 is 26.7 Å². The van der Waals surface area contributed by atoms with E-state index in [9.17, 15) is 21.6 Å². The van der Waals surface area contributed by atoms with Gasteiger partial charge in [0.25, 0.3) is 0 Å². The Bertz CT molecular complexity index is 981. The summed E-state index contributed by atoms with van der Waals surface area (Å²) < 4.78 is 48.2. The van der Waals surface area contributed by atoms with E-state index in [0.717, 1.165) is 5.39 Å². The van der Waals surface area contributed by atoms with Crippen LogP contribution in [0.3, 0.4) is 0 Å². The van der Waals surface area contributed by atoms with E-state index < -0.39 is 36.3 Å². The second-order valence-corrected chi connectivity index (χ2v) is 9.50. The lowest BCUT2D eigenvalue weighted by Crippen LogP contribution is -2.58. The molecule has 2 rings (SSSR count). The van der Waals surface area contributed by atoms with Crippen LogP contribution in [0.2, 0.25) is 0 Å². The number of nitrogens with two attached hydrogens (primary N) is 1. The number of hydrogen-bond acceptors (Lipinski definition) is 6. The maximum absolute atomic E-state index is 12.4. The largest absolute Gasteiger partial charge is 0.479 e. The fourth-order valence-electron chi connectivity index (χ4n) is 2.05. The van der Waals surface area contributed by atoms with Gasteiger partial charge < -0.3 is 10.8 Å². The van der Waals surface area contributed by atoms with Gasteiger partial charge in [-0.1, -0.05) is 30.3 Å². The molecule has 0 saturated heterocycles. The minimum absolute atomic E-state index is 0.184. The SMILES string of the molecule is CS(=O)(=O)C(N)(CS(=O)(=O)c1ccc2ccccc2c1)C(=O)O. The molecule has 0 bridgehead atoms. The van der Waals surface area contributed by atoms with Gasteiger partial charge in [-0.15, -0.1) is 0 Å². The minimum atomic E-state index is -4.35. The third-order valence-electron chi connectivity index (χ3n) is 3.51. The van der Waals surface area contributed by atoms with E-state index in [4.69, 9.17) is 10.8 Å². The van der Waals surface area contributed by atoms with Crippen LogP contribution in [-0.2, 0) is 24.5 Å². The Morgan fingerprint density at radius 2 is 1.65 bits per heavy atom. The van der Waals surface area contributed by atoms with E-state index >= 15 is 0 Å². The fourth-order valence-corrected chi connectivity index (χ4v) is 5.13. The van der Waals surface area contributed by atoms with Gasteiger partial charge >= 0.3 is 5.97 Å². The van der Waals surface area contributed by atoms with Gasteiger partial charge in [0.2, 0.25) is 4.87 Å². The number of rotatable bonds is 5. The summed E-state index contributed by atoms with van der Waals surface area (Å²) in [5.74, 6) is -3.16. The molecule has 9 heteroatoms. The second kappa shape index (κ2) is 5.59. The number of carboxylic acids is 1. The topological polar surface area (TPSA) is 132 Å². The molecule has 0 amide bonds.